The summed E-state index contributed by atoms with van der Waals surface area (Å²) in [4.78, 5) is 14.6. The van der Waals surface area contributed by atoms with Crippen LogP contribution in [0, 0.1) is 6.92 Å². The minimum Gasteiger partial charge on any atom is -0.495 e. The van der Waals surface area contributed by atoms with Gasteiger partial charge in [-0.1, -0.05) is 11.6 Å². The quantitative estimate of drug-likeness (QED) is 0.792. The summed E-state index contributed by atoms with van der Waals surface area (Å²) in [6.45, 7) is 4.31. The van der Waals surface area contributed by atoms with Gasteiger partial charge in [-0.15, -0.1) is 0 Å². The Morgan fingerprint density at radius 3 is 2.54 bits per heavy atom. The maximum atomic E-state index is 12.3. The number of methoxy groups -OCH3 is 1. The smallest absolute Gasteiger partial charge is 0.243 e. The van der Waals surface area contributed by atoms with Gasteiger partial charge in [0, 0.05) is 35.6 Å². The zero-order chi connectivity index (χ0) is 18.5. The molecular weight excluding hydrogens is 350 g/mol. The fraction of sp³-hybridized carbons (Fsp3) is 0.350. The lowest BCUT2D eigenvalue weighted by Gasteiger charge is -2.18. The number of halogens is 1. The van der Waals surface area contributed by atoms with Crippen LogP contribution >= 0.6 is 11.6 Å². The molecule has 1 fully saturated rings. The van der Waals surface area contributed by atoms with E-state index in [9.17, 15) is 4.79 Å². The predicted molar refractivity (Wildman–Crippen MR) is 108 cm³/mol. The van der Waals surface area contributed by atoms with Gasteiger partial charge in [-0.3, -0.25) is 4.79 Å². The first-order valence-corrected chi connectivity index (χ1v) is 9.17. The molecule has 2 N–H and O–H groups in total. The number of nitrogens with zero attached hydrogens (tertiary/aromatic N) is 1. The maximum Gasteiger partial charge on any atom is 0.243 e. The summed E-state index contributed by atoms with van der Waals surface area (Å²) in [5, 5.41) is 6.62. The topological polar surface area (TPSA) is 53.6 Å². The molecule has 6 heteroatoms. The van der Waals surface area contributed by atoms with Gasteiger partial charge in [0.15, 0.2) is 0 Å². The van der Waals surface area contributed by atoms with Gasteiger partial charge in [0.2, 0.25) is 5.91 Å². The standard InChI is InChI=1S/C20H24ClN3O2/c1-14-11-18(19(26-2)12-17(14)21)23-20(25)13-22-15-5-7-16(8-6-15)24-9-3-4-10-24/h5-8,11-12,22H,3-4,9-10,13H2,1-2H3,(H,23,25). The Labute approximate surface area is 159 Å². The second-order valence-electron chi connectivity index (χ2n) is 6.44. The van der Waals surface area contributed by atoms with E-state index >= 15 is 0 Å². The Hall–Kier alpha value is -2.40. The Kier molecular flexibility index (Phi) is 5.89. The molecule has 1 amide bonds. The Balaban J connectivity index is 1.56. The average Bonchev–Trinajstić information content (AvgIpc) is 3.18. The van der Waals surface area contributed by atoms with Crippen LogP contribution in [0.1, 0.15) is 18.4 Å². The monoisotopic (exact) mass is 373 g/mol. The third-order valence-electron chi connectivity index (χ3n) is 4.55. The van der Waals surface area contributed by atoms with Crippen LogP contribution in [-0.2, 0) is 4.79 Å². The summed E-state index contributed by atoms with van der Waals surface area (Å²) in [6.07, 6.45) is 2.52. The number of benzene rings is 2. The Morgan fingerprint density at radius 2 is 1.88 bits per heavy atom. The molecule has 2 aromatic rings. The molecule has 0 unspecified atom stereocenters. The van der Waals surface area contributed by atoms with Crippen molar-refractivity contribution in [3.8, 4) is 5.75 Å². The average molecular weight is 374 g/mol. The highest BCUT2D eigenvalue weighted by atomic mass is 35.5. The third-order valence-corrected chi connectivity index (χ3v) is 4.95. The van der Waals surface area contributed by atoms with Gasteiger partial charge in [0.1, 0.15) is 5.75 Å². The van der Waals surface area contributed by atoms with E-state index in [1.165, 1.54) is 18.5 Å². The van der Waals surface area contributed by atoms with Crippen LogP contribution in [0.15, 0.2) is 36.4 Å². The van der Waals surface area contributed by atoms with Crippen LogP contribution in [-0.4, -0.2) is 32.7 Å². The third kappa shape index (κ3) is 4.41. The van der Waals surface area contributed by atoms with Crippen molar-refractivity contribution in [2.75, 3.05) is 42.3 Å². The van der Waals surface area contributed by atoms with Crippen molar-refractivity contribution in [3.05, 3.63) is 47.0 Å². The molecule has 1 aliphatic rings. The first-order chi connectivity index (χ1) is 12.6. The van der Waals surface area contributed by atoms with Gasteiger partial charge in [0.05, 0.1) is 19.3 Å². The summed E-state index contributed by atoms with van der Waals surface area (Å²) in [5.74, 6) is 0.401. The number of ether oxygens (including phenoxy) is 1. The lowest BCUT2D eigenvalue weighted by atomic mass is 10.2. The van der Waals surface area contributed by atoms with Crippen LogP contribution in [0.5, 0.6) is 5.75 Å². The van der Waals surface area contributed by atoms with Crippen molar-refractivity contribution in [2.45, 2.75) is 19.8 Å². The SMILES string of the molecule is COc1cc(Cl)c(C)cc1NC(=O)CNc1ccc(N2CCCC2)cc1. The first-order valence-electron chi connectivity index (χ1n) is 8.79. The van der Waals surface area contributed by atoms with Gasteiger partial charge in [0.25, 0.3) is 0 Å². The van der Waals surface area contributed by atoms with E-state index in [4.69, 9.17) is 16.3 Å². The number of carbonyl (C=O) groups is 1. The van der Waals surface area contributed by atoms with E-state index in [1.807, 2.05) is 25.1 Å². The molecule has 26 heavy (non-hydrogen) atoms. The number of nitrogens with one attached hydrogen (secondary N) is 2. The molecule has 0 bridgehead atoms. The fourth-order valence-corrected chi connectivity index (χ4v) is 3.23. The second-order valence-corrected chi connectivity index (χ2v) is 6.85. The lowest BCUT2D eigenvalue weighted by molar-refractivity contribution is -0.114. The molecule has 3 rings (SSSR count). The molecular formula is C20H24ClN3O2. The molecule has 0 aromatic heterocycles. The number of carbonyl (C=O) groups excluding carboxylic acids is 1. The maximum absolute atomic E-state index is 12.3. The van der Waals surface area contributed by atoms with E-state index in [0.29, 0.717) is 16.5 Å². The normalized spacial score (nSPS) is 13.6. The molecule has 0 radical (unpaired) electrons. The van der Waals surface area contributed by atoms with E-state index in [0.717, 1.165) is 24.3 Å². The number of rotatable bonds is 6. The predicted octanol–water partition coefficient (Wildman–Crippen LogP) is 4.31. The van der Waals surface area contributed by atoms with Gasteiger partial charge < -0.3 is 20.3 Å². The van der Waals surface area contributed by atoms with Gasteiger partial charge >= 0.3 is 0 Å². The Morgan fingerprint density at radius 1 is 1.19 bits per heavy atom. The van der Waals surface area contributed by atoms with Crippen LogP contribution < -0.4 is 20.3 Å². The van der Waals surface area contributed by atoms with E-state index in [1.54, 1.807) is 13.2 Å². The van der Waals surface area contributed by atoms with Crippen molar-refractivity contribution in [2.24, 2.45) is 0 Å². The summed E-state index contributed by atoms with van der Waals surface area (Å²) in [7, 11) is 1.55. The van der Waals surface area contributed by atoms with E-state index < -0.39 is 0 Å². The van der Waals surface area contributed by atoms with Gasteiger partial charge in [-0.25, -0.2) is 0 Å². The zero-order valence-electron chi connectivity index (χ0n) is 15.1. The number of anilines is 3. The van der Waals surface area contributed by atoms with E-state index in [-0.39, 0.29) is 12.5 Å². The molecule has 138 valence electrons. The molecule has 1 heterocycles. The minimum atomic E-state index is -0.145. The minimum absolute atomic E-state index is 0.145. The zero-order valence-corrected chi connectivity index (χ0v) is 15.9. The largest absolute Gasteiger partial charge is 0.495 e. The lowest BCUT2D eigenvalue weighted by Crippen LogP contribution is -2.22. The molecule has 1 saturated heterocycles. The highest BCUT2D eigenvalue weighted by Gasteiger charge is 2.12. The van der Waals surface area contributed by atoms with Crippen molar-refractivity contribution < 1.29 is 9.53 Å². The number of amides is 1. The molecule has 5 nitrogen and oxygen atoms in total. The summed E-state index contributed by atoms with van der Waals surface area (Å²) in [5.41, 5.74) is 3.65. The molecule has 0 aliphatic carbocycles. The molecule has 0 saturated carbocycles. The molecule has 2 aromatic carbocycles. The van der Waals surface area contributed by atoms with Crippen LogP contribution in [0.25, 0.3) is 0 Å². The second kappa shape index (κ2) is 8.32. The molecule has 0 atom stereocenters. The van der Waals surface area contributed by atoms with Gasteiger partial charge in [-0.2, -0.15) is 0 Å². The highest BCUT2D eigenvalue weighted by Crippen LogP contribution is 2.31. The number of aryl methyl sites for hydroxylation is 1. The first kappa shape index (κ1) is 18.4. The van der Waals surface area contributed by atoms with Crippen molar-refractivity contribution in [1.29, 1.82) is 0 Å². The van der Waals surface area contributed by atoms with E-state index in [2.05, 4.69) is 27.7 Å². The Bertz CT molecular complexity index is 771. The van der Waals surface area contributed by atoms with Gasteiger partial charge in [-0.05, 0) is 55.7 Å². The van der Waals surface area contributed by atoms with Crippen LogP contribution in [0.2, 0.25) is 5.02 Å². The summed E-state index contributed by atoms with van der Waals surface area (Å²) in [6, 6.07) is 11.7. The highest BCUT2D eigenvalue weighted by molar-refractivity contribution is 6.31. The van der Waals surface area contributed by atoms with Crippen LogP contribution in [0.3, 0.4) is 0 Å². The summed E-state index contributed by atoms with van der Waals surface area (Å²) < 4.78 is 5.28. The van der Waals surface area contributed by atoms with Crippen LogP contribution in [0.4, 0.5) is 17.1 Å². The molecule has 1 aliphatic heterocycles. The van der Waals surface area contributed by atoms with Crippen molar-refractivity contribution >= 4 is 34.6 Å². The molecule has 0 spiro atoms. The fourth-order valence-electron chi connectivity index (χ4n) is 3.07. The number of hydrogen-bond donors (Lipinski definition) is 2. The summed E-state index contributed by atoms with van der Waals surface area (Å²) >= 11 is 6.09. The van der Waals surface area contributed by atoms with Crippen molar-refractivity contribution in [1.82, 2.24) is 0 Å². The number of hydrogen-bond acceptors (Lipinski definition) is 4. The van der Waals surface area contributed by atoms with Crippen molar-refractivity contribution in [3.63, 3.8) is 0 Å².